The summed E-state index contributed by atoms with van der Waals surface area (Å²) in [5, 5.41) is 9.20. The Bertz CT molecular complexity index is 587. The first-order chi connectivity index (χ1) is 9.06. The first-order valence-electron chi connectivity index (χ1n) is 6.41. The predicted molar refractivity (Wildman–Crippen MR) is 75.1 cm³/mol. The van der Waals surface area contributed by atoms with E-state index in [1.54, 1.807) is 11.9 Å². The fourth-order valence-electron chi connectivity index (χ4n) is 2.12. The van der Waals surface area contributed by atoms with Crippen LogP contribution >= 0.6 is 0 Å². The van der Waals surface area contributed by atoms with Gasteiger partial charge in [-0.15, -0.1) is 0 Å². The number of aromatic amines is 1. The van der Waals surface area contributed by atoms with Gasteiger partial charge in [0.05, 0.1) is 23.6 Å². The molecule has 0 aliphatic rings. The van der Waals surface area contributed by atoms with Crippen LogP contribution in [0.25, 0.3) is 11.0 Å². The highest BCUT2D eigenvalue weighted by atomic mass is 16.3. The van der Waals surface area contributed by atoms with Crippen LogP contribution in [0.3, 0.4) is 0 Å². The molecule has 1 heterocycles. The Hall–Kier alpha value is -1.88. The van der Waals surface area contributed by atoms with Gasteiger partial charge in [0.25, 0.3) is 0 Å². The SMILES string of the molecule is CCC(CO)C(=O)N(C)c1ccc2nc(C)[nH]c2c1. The molecule has 0 saturated carbocycles. The third-order valence-corrected chi connectivity index (χ3v) is 3.36. The zero-order chi connectivity index (χ0) is 14.0. The minimum Gasteiger partial charge on any atom is -0.396 e. The quantitative estimate of drug-likeness (QED) is 0.882. The van der Waals surface area contributed by atoms with E-state index in [4.69, 9.17) is 0 Å². The second kappa shape index (κ2) is 5.40. The Morgan fingerprint density at radius 2 is 2.26 bits per heavy atom. The molecule has 1 atom stereocenters. The molecule has 1 unspecified atom stereocenters. The van der Waals surface area contributed by atoms with Gasteiger partial charge >= 0.3 is 0 Å². The molecule has 0 aliphatic heterocycles. The van der Waals surface area contributed by atoms with Crippen molar-refractivity contribution in [2.75, 3.05) is 18.6 Å². The smallest absolute Gasteiger partial charge is 0.232 e. The van der Waals surface area contributed by atoms with Crippen molar-refractivity contribution in [2.45, 2.75) is 20.3 Å². The molecule has 0 bridgehead atoms. The van der Waals surface area contributed by atoms with Crippen molar-refractivity contribution in [3.8, 4) is 0 Å². The number of fused-ring (bicyclic) bond motifs is 1. The maximum absolute atomic E-state index is 12.2. The van der Waals surface area contributed by atoms with Gasteiger partial charge in [-0.05, 0) is 31.5 Å². The highest BCUT2D eigenvalue weighted by Gasteiger charge is 2.20. The van der Waals surface area contributed by atoms with Crippen molar-refractivity contribution in [3.05, 3.63) is 24.0 Å². The Kier molecular flexibility index (Phi) is 3.85. The summed E-state index contributed by atoms with van der Waals surface area (Å²) >= 11 is 0. The molecule has 2 aromatic rings. The lowest BCUT2D eigenvalue weighted by Crippen LogP contribution is -2.34. The maximum atomic E-state index is 12.2. The summed E-state index contributed by atoms with van der Waals surface area (Å²) in [6, 6.07) is 5.65. The van der Waals surface area contributed by atoms with Crippen molar-refractivity contribution in [3.63, 3.8) is 0 Å². The number of aromatic nitrogens is 2. The predicted octanol–water partition coefficient (Wildman–Crippen LogP) is 1.85. The fourth-order valence-corrected chi connectivity index (χ4v) is 2.12. The molecular formula is C14H19N3O2. The number of amides is 1. The van der Waals surface area contributed by atoms with Gasteiger partial charge in [-0.25, -0.2) is 4.98 Å². The number of carbonyl (C=O) groups excluding carboxylic acids is 1. The summed E-state index contributed by atoms with van der Waals surface area (Å²) in [5.74, 6) is 0.438. The van der Waals surface area contributed by atoms with Gasteiger partial charge in [0.2, 0.25) is 5.91 Å². The molecule has 0 fully saturated rings. The maximum Gasteiger partial charge on any atom is 0.232 e. The monoisotopic (exact) mass is 261 g/mol. The van der Waals surface area contributed by atoms with Gasteiger partial charge in [-0.1, -0.05) is 6.92 Å². The minimum absolute atomic E-state index is 0.0689. The summed E-state index contributed by atoms with van der Waals surface area (Å²) in [6.07, 6.45) is 0.630. The number of anilines is 1. The zero-order valence-electron chi connectivity index (χ0n) is 11.5. The minimum atomic E-state index is -0.343. The van der Waals surface area contributed by atoms with E-state index in [0.717, 1.165) is 22.5 Å². The van der Waals surface area contributed by atoms with Crippen molar-refractivity contribution in [2.24, 2.45) is 5.92 Å². The van der Waals surface area contributed by atoms with E-state index in [2.05, 4.69) is 9.97 Å². The molecular weight excluding hydrogens is 242 g/mol. The number of aliphatic hydroxyl groups is 1. The molecule has 1 aromatic heterocycles. The third-order valence-electron chi connectivity index (χ3n) is 3.36. The number of hydrogen-bond acceptors (Lipinski definition) is 3. The summed E-state index contributed by atoms with van der Waals surface area (Å²) < 4.78 is 0. The number of aliphatic hydroxyl groups excluding tert-OH is 1. The lowest BCUT2D eigenvalue weighted by atomic mass is 10.1. The van der Waals surface area contributed by atoms with Crippen molar-refractivity contribution >= 4 is 22.6 Å². The van der Waals surface area contributed by atoms with E-state index >= 15 is 0 Å². The molecule has 0 spiro atoms. The topological polar surface area (TPSA) is 69.2 Å². The molecule has 0 saturated heterocycles. The van der Waals surface area contributed by atoms with Crippen LogP contribution in [0.15, 0.2) is 18.2 Å². The first-order valence-corrected chi connectivity index (χ1v) is 6.41. The number of aryl methyl sites for hydroxylation is 1. The molecule has 0 radical (unpaired) electrons. The zero-order valence-corrected chi connectivity index (χ0v) is 11.5. The average Bonchev–Trinajstić information content (AvgIpc) is 2.78. The number of rotatable bonds is 4. The van der Waals surface area contributed by atoms with Crippen LogP contribution in [0, 0.1) is 12.8 Å². The number of carbonyl (C=O) groups is 1. The van der Waals surface area contributed by atoms with Crippen LogP contribution < -0.4 is 4.90 Å². The molecule has 2 rings (SSSR count). The Labute approximate surface area is 112 Å². The second-order valence-corrected chi connectivity index (χ2v) is 4.71. The van der Waals surface area contributed by atoms with Crippen molar-refractivity contribution in [1.29, 1.82) is 0 Å². The van der Waals surface area contributed by atoms with Crippen LogP contribution in [-0.2, 0) is 4.79 Å². The standard InChI is InChI=1S/C14H19N3O2/c1-4-10(8-18)14(19)17(3)11-5-6-12-13(7-11)16-9(2)15-12/h5-7,10,18H,4,8H2,1-3H3,(H,15,16). The first kappa shape index (κ1) is 13.5. The number of H-pyrrole nitrogens is 1. The molecule has 0 aliphatic carbocycles. The lowest BCUT2D eigenvalue weighted by molar-refractivity contribution is -0.123. The van der Waals surface area contributed by atoms with E-state index in [1.807, 2.05) is 32.0 Å². The molecule has 2 N–H and O–H groups in total. The van der Waals surface area contributed by atoms with Crippen molar-refractivity contribution in [1.82, 2.24) is 9.97 Å². The number of nitrogens with one attached hydrogen (secondary N) is 1. The van der Waals surface area contributed by atoms with Gasteiger partial charge in [0.1, 0.15) is 5.82 Å². The number of benzene rings is 1. The second-order valence-electron chi connectivity index (χ2n) is 4.71. The van der Waals surface area contributed by atoms with Crippen LogP contribution in [0.2, 0.25) is 0 Å². The highest BCUT2D eigenvalue weighted by molar-refractivity contribution is 5.96. The number of nitrogens with zero attached hydrogens (tertiary/aromatic N) is 2. The van der Waals surface area contributed by atoms with Crippen LogP contribution in [0.5, 0.6) is 0 Å². The largest absolute Gasteiger partial charge is 0.396 e. The molecule has 1 amide bonds. The van der Waals surface area contributed by atoms with E-state index in [-0.39, 0.29) is 18.4 Å². The van der Waals surface area contributed by atoms with Gasteiger partial charge in [-0.2, -0.15) is 0 Å². The molecule has 102 valence electrons. The summed E-state index contributed by atoms with van der Waals surface area (Å²) in [5.41, 5.74) is 2.59. The van der Waals surface area contributed by atoms with E-state index in [9.17, 15) is 9.90 Å². The Balaban J connectivity index is 2.30. The van der Waals surface area contributed by atoms with Crippen molar-refractivity contribution < 1.29 is 9.90 Å². The lowest BCUT2D eigenvalue weighted by Gasteiger charge is -2.21. The normalized spacial score (nSPS) is 12.6. The molecule has 5 heteroatoms. The summed E-state index contributed by atoms with van der Waals surface area (Å²) in [6.45, 7) is 3.67. The van der Waals surface area contributed by atoms with Crippen LogP contribution in [-0.4, -0.2) is 34.6 Å². The van der Waals surface area contributed by atoms with E-state index in [0.29, 0.717) is 6.42 Å². The van der Waals surface area contributed by atoms with Gasteiger partial charge in [0.15, 0.2) is 0 Å². The van der Waals surface area contributed by atoms with Gasteiger partial charge < -0.3 is 15.0 Å². The molecule has 1 aromatic carbocycles. The average molecular weight is 261 g/mol. The van der Waals surface area contributed by atoms with Gasteiger partial charge in [-0.3, -0.25) is 4.79 Å². The van der Waals surface area contributed by atoms with Gasteiger partial charge in [0, 0.05) is 12.7 Å². The summed E-state index contributed by atoms with van der Waals surface area (Å²) in [4.78, 5) is 21.2. The third kappa shape index (κ3) is 2.61. The number of hydrogen-bond donors (Lipinski definition) is 2. The Morgan fingerprint density at radius 1 is 1.53 bits per heavy atom. The highest BCUT2D eigenvalue weighted by Crippen LogP contribution is 2.21. The van der Waals surface area contributed by atoms with Crippen LogP contribution in [0.4, 0.5) is 5.69 Å². The fraction of sp³-hybridized carbons (Fsp3) is 0.429. The number of imidazole rings is 1. The van der Waals surface area contributed by atoms with E-state index < -0.39 is 0 Å². The van der Waals surface area contributed by atoms with Crippen LogP contribution in [0.1, 0.15) is 19.2 Å². The van der Waals surface area contributed by atoms with E-state index in [1.165, 1.54) is 0 Å². The molecule has 5 nitrogen and oxygen atoms in total. The molecule has 19 heavy (non-hydrogen) atoms. The Morgan fingerprint density at radius 3 is 2.89 bits per heavy atom. The summed E-state index contributed by atoms with van der Waals surface area (Å²) in [7, 11) is 1.73.